The van der Waals surface area contributed by atoms with E-state index in [1.165, 1.54) is 4.90 Å². The van der Waals surface area contributed by atoms with Gasteiger partial charge in [-0.25, -0.2) is 0 Å². The molecular weight excluding hydrogens is 294 g/mol. The highest BCUT2D eigenvalue weighted by atomic mass is 79.9. The van der Waals surface area contributed by atoms with Gasteiger partial charge in [-0.1, -0.05) is 15.9 Å². The number of thiocarbonyl (C=S) groups is 1. The fraction of sp³-hybridized carbons (Fsp3) is 0.111. The van der Waals surface area contributed by atoms with Crippen LogP contribution >= 0.6 is 39.9 Å². The van der Waals surface area contributed by atoms with Crippen LogP contribution in [-0.4, -0.2) is 17.1 Å². The van der Waals surface area contributed by atoms with E-state index in [9.17, 15) is 0 Å². The van der Waals surface area contributed by atoms with Crippen molar-refractivity contribution < 1.29 is 0 Å². The van der Waals surface area contributed by atoms with Crippen molar-refractivity contribution in [3.8, 4) is 0 Å². The molecule has 6 heteroatoms. The molecule has 0 fully saturated rings. The summed E-state index contributed by atoms with van der Waals surface area (Å²) in [7, 11) is 0. The van der Waals surface area contributed by atoms with Gasteiger partial charge >= 0.3 is 0 Å². The summed E-state index contributed by atoms with van der Waals surface area (Å²) >= 11 is 9.66. The van der Waals surface area contributed by atoms with Gasteiger partial charge in [-0.05, 0) is 36.5 Å². The summed E-state index contributed by atoms with van der Waals surface area (Å²) in [5.41, 5.74) is 7.70. The van der Waals surface area contributed by atoms with Crippen LogP contribution in [0.2, 0.25) is 0 Å². The normalized spacial score (nSPS) is 10.5. The van der Waals surface area contributed by atoms with Crippen LogP contribution in [-0.2, 0) is 0 Å². The molecule has 0 amide bonds. The summed E-state index contributed by atoms with van der Waals surface area (Å²) in [5, 5.41) is 4.01. The molecular formula is C9H10BrN3S2. The number of hydrazone groups is 1. The second-order valence-electron chi connectivity index (χ2n) is 2.55. The predicted octanol–water partition coefficient (Wildman–Crippen LogP) is 2.36. The topological polar surface area (TPSA) is 50.4 Å². The molecule has 0 unspecified atom stereocenters. The minimum atomic E-state index is 0.180. The van der Waals surface area contributed by atoms with E-state index in [1.807, 2.05) is 24.3 Å². The monoisotopic (exact) mass is 303 g/mol. The Hall–Kier alpha value is -0.590. The maximum absolute atomic E-state index is 5.20. The standard InChI is InChI=1S/C9H10BrN3S2/c10-7-1-3-8(4-2-7)15-6-5-12-13-9(11)14/h1-5H,6H2,(H3,11,13,14)/b12-5+. The quantitative estimate of drug-likeness (QED) is 0.388. The van der Waals surface area contributed by atoms with Gasteiger partial charge in [0, 0.05) is 21.3 Å². The first-order chi connectivity index (χ1) is 7.18. The highest BCUT2D eigenvalue weighted by molar-refractivity contribution is 9.10. The van der Waals surface area contributed by atoms with Gasteiger partial charge < -0.3 is 5.73 Å². The summed E-state index contributed by atoms with van der Waals surface area (Å²) in [5.74, 6) is 0.775. The lowest BCUT2D eigenvalue weighted by Crippen LogP contribution is -2.24. The van der Waals surface area contributed by atoms with Crippen molar-refractivity contribution in [2.75, 3.05) is 5.75 Å². The zero-order valence-corrected chi connectivity index (χ0v) is 11.0. The maximum atomic E-state index is 5.20. The Morgan fingerprint density at radius 2 is 2.20 bits per heavy atom. The Bertz CT molecular complexity index is 351. The summed E-state index contributed by atoms with van der Waals surface area (Å²) < 4.78 is 1.08. The Balaban J connectivity index is 2.28. The molecule has 3 nitrogen and oxygen atoms in total. The lowest BCUT2D eigenvalue weighted by Gasteiger charge is -1.98. The average Bonchev–Trinajstić information content (AvgIpc) is 2.20. The van der Waals surface area contributed by atoms with Gasteiger partial charge in [0.1, 0.15) is 0 Å². The first-order valence-electron chi connectivity index (χ1n) is 4.14. The van der Waals surface area contributed by atoms with Gasteiger partial charge in [0.05, 0.1) is 0 Å². The van der Waals surface area contributed by atoms with Crippen LogP contribution in [0, 0.1) is 0 Å². The van der Waals surface area contributed by atoms with E-state index in [-0.39, 0.29) is 5.11 Å². The molecule has 0 atom stereocenters. The van der Waals surface area contributed by atoms with Crippen LogP contribution in [0.4, 0.5) is 0 Å². The van der Waals surface area contributed by atoms with Crippen LogP contribution in [0.15, 0.2) is 38.7 Å². The van der Waals surface area contributed by atoms with E-state index in [4.69, 9.17) is 5.73 Å². The summed E-state index contributed by atoms with van der Waals surface area (Å²) in [4.78, 5) is 1.19. The molecule has 1 aromatic rings. The third-order valence-electron chi connectivity index (χ3n) is 1.40. The van der Waals surface area contributed by atoms with Crippen molar-refractivity contribution in [2.24, 2.45) is 10.8 Å². The zero-order valence-electron chi connectivity index (χ0n) is 7.81. The van der Waals surface area contributed by atoms with Gasteiger partial charge in [-0.15, -0.1) is 11.8 Å². The second-order valence-corrected chi connectivity index (χ2v) is 5.00. The van der Waals surface area contributed by atoms with Crippen molar-refractivity contribution >= 4 is 51.2 Å². The van der Waals surface area contributed by atoms with Crippen molar-refractivity contribution in [2.45, 2.75) is 4.90 Å². The number of nitrogens with one attached hydrogen (secondary N) is 1. The Labute approximate surface area is 107 Å². The summed E-state index contributed by atoms with van der Waals surface area (Å²) in [6, 6.07) is 8.10. The molecule has 0 aliphatic heterocycles. The molecule has 15 heavy (non-hydrogen) atoms. The molecule has 0 saturated heterocycles. The molecule has 0 saturated carbocycles. The van der Waals surface area contributed by atoms with E-state index >= 15 is 0 Å². The minimum Gasteiger partial charge on any atom is -0.375 e. The van der Waals surface area contributed by atoms with Gasteiger partial charge in [0.15, 0.2) is 5.11 Å². The second kappa shape index (κ2) is 6.81. The molecule has 0 aliphatic carbocycles. The van der Waals surface area contributed by atoms with Crippen LogP contribution in [0.1, 0.15) is 0 Å². The van der Waals surface area contributed by atoms with E-state index in [0.29, 0.717) is 0 Å². The number of hydrogen-bond donors (Lipinski definition) is 2. The number of nitrogens with zero attached hydrogens (tertiary/aromatic N) is 1. The largest absolute Gasteiger partial charge is 0.375 e. The van der Waals surface area contributed by atoms with Crippen LogP contribution in [0.5, 0.6) is 0 Å². The number of hydrogen-bond acceptors (Lipinski definition) is 3. The van der Waals surface area contributed by atoms with Crippen molar-refractivity contribution in [3.05, 3.63) is 28.7 Å². The zero-order chi connectivity index (χ0) is 11.1. The molecule has 0 spiro atoms. The average molecular weight is 304 g/mol. The number of nitrogens with two attached hydrogens (primary N) is 1. The maximum Gasteiger partial charge on any atom is 0.184 e. The van der Waals surface area contributed by atoms with E-state index in [2.05, 4.69) is 38.7 Å². The Kier molecular flexibility index (Phi) is 5.67. The van der Waals surface area contributed by atoms with E-state index < -0.39 is 0 Å². The molecule has 3 N–H and O–H groups in total. The molecule has 0 radical (unpaired) electrons. The first-order valence-corrected chi connectivity index (χ1v) is 6.32. The smallest absolute Gasteiger partial charge is 0.184 e. The highest BCUT2D eigenvalue weighted by Crippen LogP contribution is 2.19. The molecule has 1 aromatic carbocycles. The number of halogens is 1. The van der Waals surface area contributed by atoms with Gasteiger partial charge in [-0.2, -0.15) is 5.10 Å². The van der Waals surface area contributed by atoms with Gasteiger partial charge in [-0.3, -0.25) is 5.43 Å². The number of thioether (sulfide) groups is 1. The van der Waals surface area contributed by atoms with E-state index in [1.54, 1.807) is 18.0 Å². The third kappa shape index (κ3) is 5.76. The molecule has 1 rings (SSSR count). The first kappa shape index (κ1) is 12.5. The van der Waals surface area contributed by atoms with Crippen LogP contribution < -0.4 is 11.2 Å². The van der Waals surface area contributed by atoms with Crippen molar-refractivity contribution in [1.82, 2.24) is 5.43 Å². The molecule has 0 bridgehead atoms. The van der Waals surface area contributed by atoms with Crippen LogP contribution in [0.3, 0.4) is 0 Å². The fourth-order valence-electron chi connectivity index (χ4n) is 0.811. The Morgan fingerprint density at radius 3 is 2.80 bits per heavy atom. The molecule has 0 heterocycles. The fourth-order valence-corrected chi connectivity index (χ4v) is 1.80. The predicted molar refractivity (Wildman–Crippen MR) is 73.3 cm³/mol. The summed E-state index contributed by atoms with van der Waals surface area (Å²) in [6.07, 6.45) is 1.73. The van der Waals surface area contributed by atoms with Gasteiger partial charge in [0.2, 0.25) is 0 Å². The van der Waals surface area contributed by atoms with Crippen molar-refractivity contribution in [3.63, 3.8) is 0 Å². The van der Waals surface area contributed by atoms with Gasteiger partial charge in [0.25, 0.3) is 0 Å². The van der Waals surface area contributed by atoms with E-state index in [0.717, 1.165) is 10.2 Å². The molecule has 80 valence electrons. The molecule has 0 aliphatic rings. The minimum absolute atomic E-state index is 0.180. The highest BCUT2D eigenvalue weighted by Gasteiger charge is 1.91. The lowest BCUT2D eigenvalue weighted by atomic mass is 10.4. The number of rotatable bonds is 4. The molecule has 0 aromatic heterocycles. The SMILES string of the molecule is NC(=S)N/N=C/CSc1ccc(Br)cc1. The summed E-state index contributed by atoms with van der Waals surface area (Å²) in [6.45, 7) is 0. The third-order valence-corrected chi connectivity index (χ3v) is 2.95. The van der Waals surface area contributed by atoms with Crippen molar-refractivity contribution in [1.29, 1.82) is 0 Å². The lowest BCUT2D eigenvalue weighted by molar-refractivity contribution is 1.04. The number of benzene rings is 1. The van der Waals surface area contributed by atoms with Crippen LogP contribution in [0.25, 0.3) is 0 Å². The Morgan fingerprint density at radius 1 is 1.53 bits per heavy atom.